The average molecular weight is 442 g/mol. The minimum atomic E-state index is -0.443. The Balaban J connectivity index is 1.82. The summed E-state index contributed by atoms with van der Waals surface area (Å²) < 4.78 is 6.30. The summed E-state index contributed by atoms with van der Waals surface area (Å²) in [7, 11) is 1.48. The predicted molar refractivity (Wildman–Crippen MR) is 113 cm³/mol. The van der Waals surface area contributed by atoms with Crippen molar-refractivity contribution >= 4 is 27.6 Å². The quantitative estimate of drug-likeness (QED) is 0.736. The third kappa shape index (κ3) is 4.71. The van der Waals surface area contributed by atoms with Crippen LogP contribution in [0.1, 0.15) is 30.4 Å². The molecule has 4 nitrogen and oxygen atoms in total. The number of ketones is 1. The lowest BCUT2D eigenvalue weighted by atomic mass is 9.78. The molecule has 0 fully saturated rings. The Morgan fingerprint density at radius 3 is 2.46 bits per heavy atom. The van der Waals surface area contributed by atoms with Crippen LogP contribution in [0.2, 0.25) is 0 Å². The molecule has 0 aliphatic heterocycles. The smallest absolute Gasteiger partial charge is 0.227 e. The number of benzene rings is 2. The maximum absolute atomic E-state index is 13.0. The molecule has 0 saturated heterocycles. The topological polar surface area (TPSA) is 55.4 Å². The lowest BCUT2D eigenvalue weighted by Crippen LogP contribution is -2.34. The van der Waals surface area contributed by atoms with Gasteiger partial charge in [0.15, 0.2) is 11.5 Å². The predicted octanol–water partition coefficient (Wildman–Crippen LogP) is 4.60. The van der Waals surface area contributed by atoms with Crippen LogP contribution in [0, 0.1) is 11.8 Å². The molecule has 1 amide bonds. The maximum atomic E-state index is 13.0. The van der Waals surface area contributed by atoms with Crippen molar-refractivity contribution in [1.82, 2.24) is 5.32 Å². The van der Waals surface area contributed by atoms with Crippen molar-refractivity contribution in [2.45, 2.75) is 25.8 Å². The fourth-order valence-electron chi connectivity index (χ4n) is 3.67. The molecule has 28 heavy (non-hydrogen) atoms. The van der Waals surface area contributed by atoms with Crippen LogP contribution < -0.4 is 5.32 Å². The first-order valence-electron chi connectivity index (χ1n) is 9.35. The monoisotopic (exact) mass is 441 g/mol. The lowest BCUT2D eigenvalue weighted by molar-refractivity contribution is -0.125. The summed E-state index contributed by atoms with van der Waals surface area (Å²) in [6.07, 6.45) is 2.02. The average Bonchev–Trinajstić information content (AvgIpc) is 2.84. The zero-order valence-electron chi connectivity index (χ0n) is 16.0. The van der Waals surface area contributed by atoms with E-state index in [1.54, 1.807) is 6.08 Å². The SMILES string of the molecule is COC1=C[C@H](C(=O)NCc2ccc(Br)cc2)[C@H](C)[C@@H](c2ccccc2)CC1=O. The van der Waals surface area contributed by atoms with E-state index in [9.17, 15) is 9.59 Å². The van der Waals surface area contributed by atoms with Crippen LogP contribution in [0.4, 0.5) is 0 Å². The number of methoxy groups -OCH3 is 1. The van der Waals surface area contributed by atoms with Crippen LogP contribution in [0.15, 0.2) is 70.9 Å². The molecule has 0 spiro atoms. The first-order chi connectivity index (χ1) is 13.5. The van der Waals surface area contributed by atoms with Crippen LogP contribution in [0.3, 0.4) is 0 Å². The van der Waals surface area contributed by atoms with Crippen molar-refractivity contribution in [3.63, 3.8) is 0 Å². The fraction of sp³-hybridized carbons (Fsp3) is 0.304. The molecule has 2 aromatic carbocycles. The van der Waals surface area contributed by atoms with Gasteiger partial charge in [-0.15, -0.1) is 0 Å². The van der Waals surface area contributed by atoms with E-state index in [1.807, 2.05) is 61.5 Å². The number of Topliss-reactive ketones (excluding diaryl/α,β-unsaturated/α-hetero) is 1. The summed E-state index contributed by atoms with van der Waals surface area (Å²) in [5, 5.41) is 3.01. The molecule has 0 saturated carbocycles. The largest absolute Gasteiger partial charge is 0.493 e. The van der Waals surface area contributed by atoms with Gasteiger partial charge in [-0.2, -0.15) is 0 Å². The highest BCUT2D eigenvalue weighted by atomic mass is 79.9. The van der Waals surface area contributed by atoms with Gasteiger partial charge in [-0.25, -0.2) is 0 Å². The highest BCUT2D eigenvalue weighted by Crippen LogP contribution is 2.38. The Hall–Kier alpha value is -2.40. The van der Waals surface area contributed by atoms with Crippen LogP contribution in [0.25, 0.3) is 0 Å². The van der Waals surface area contributed by atoms with E-state index < -0.39 is 5.92 Å². The summed E-state index contributed by atoms with van der Waals surface area (Å²) >= 11 is 3.41. The molecule has 3 atom stereocenters. The normalized spacial score (nSPS) is 22.2. The van der Waals surface area contributed by atoms with E-state index in [-0.39, 0.29) is 29.3 Å². The Bertz CT molecular complexity index is 861. The van der Waals surface area contributed by atoms with Crippen molar-refractivity contribution in [2.24, 2.45) is 11.8 Å². The van der Waals surface area contributed by atoms with Crippen molar-refractivity contribution in [1.29, 1.82) is 0 Å². The number of carbonyl (C=O) groups is 2. The number of amides is 1. The second-order valence-electron chi connectivity index (χ2n) is 7.11. The molecule has 0 heterocycles. The van der Waals surface area contributed by atoms with Crippen LogP contribution in [-0.2, 0) is 20.9 Å². The fourth-order valence-corrected chi connectivity index (χ4v) is 3.94. The van der Waals surface area contributed by atoms with Gasteiger partial charge in [0.05, 0.1) is 13.0 Å². The van der Waals surface area contributed by atoms with E-state index in [4.69, 9.17) is 4.74 Å². The summed E-state index contributed by atoms with van der Waals surface area (Å²) in [5.41, 5.74) is 2.09. The van der Waals surface area contributed by atoms with E-state index in [0.29, 0.717) is 13.0 Å². The van der Waals surface area contributed by atoms with Crippen molar-refractivity contribution in [2.75, 3.05) is 7.11 Å². The molecule has 1 N–H and O–H groups in total. The molecule has 2 aromatic rings. The number of ether oxygens (including phenoxy) is 1. The standard InChI is InChI=1S/C23H24BrNO3/c1-15-19(17-6-4-3-5-7-17)12-21(26)22(28-2)13-20(15)23(27)25-14-16-8-10-18(24)11-9-16/h3-11,13,15,19-20H,12,14H2,1-2H3,(H,25,27)/t15-,19+,20+/m1/s1. The number of allylic oxidation sites excluding steroid dienone is 1. The molecule has 1 aliphatic rings. The molecule has 3 rings (SSSR count). The van der Waals surface area contributed by atoms with Crippen molar-refractivity contribution in [3.8, 4) is 0 Å². The molecular weight excluding hydrogens is 418 g/mol. The van der Waals surface area contributed by atoms with E-state index >= 15 is 0 Å². The van der Waals surface area contributed by atoms with Crippen LogP contribution >= 0.6 is 15.9 Å². The minimum Gasteiger partial charge on any atom is -0.493 e. The molecule has 1 aliphatic carbocycles. The molecule has 146 valence electrons. The maximum Gasteiger partial charge on any atom is 0.227 e. The van der Waals surface area contributed by atoms with Crippen LogP contribution in [0.5, 0.6) is 0 Å². The first kappa shape index (κ1) is 20.3. The molecular formula is C23H24BrNO3. The van der Waals surface area contributed by atoms with Gasteiger partial charge in [0, 0.05) is 17.4 Å². The highest BCUT2D eigenvalue weighted by Gasteiger charge is 2.36. The van der Waals surface area contributed by atoms with Gasteiger partial charge in [-0.1, -0.05) is 65.3 Å². The molecule has 0 bridgehead atoms. The summed E-state index contributed by atoms with van der Waals surface area (Å²) in [6.45, 7) is 2.47. The Morgan fingerprint density at radius 2 is 1.82 bits per heavy atom. The minimum absolute atomic E-state index is 0.0380. The summed E-state index contributed by atoms with van der Waals surface area (Å²) in [4.78, 5) is 25.6. The first-order valence-corrected chi connectivity index (χ1v) is 10.1. The summed E-state index contributed by atoms with van der Waals surface area (Å²) in [6, 6.07) is 17.7. The summed E-state index contributed by atoms with van der Waals surface area (Å²) in [5.74, 6) is -0.409. The van der Waals surface area contributed by atoms with Gasteiger partial charge in [-0.3, -0.25) is 9.59 Å². The van der Waals surface area contributed by atoms with Gasteiger partial charge < -0.3 is 10.1 Å². The second kappa shape index (κ2) is 9.20. The molecule has 0 aromatic heterocycles. The van der Waals surface area contributed by atoms with Gasteiger partial charge in [0.2, 0.25) is 5.91 Å². The third-order valence-electron chi connectivity index (χ3n) is 5.34. The van der Waals surface area contributed by atoms with Crippen molar-refractivity contribution in [3.05, 3.63) is 82.0 Å². The Labute approximate surface area is 174 Å². The van der Waals surface area contributed by atoms with Gasteiger partial charge >= 0.3 is 0 Å². The van der Waals surface area contributed by atoms with Crippen LogP contribution in [-0.4, -0.2) is 18.8 Å². The second-order valence-corrected chi connectivity index (χ2v) is 8.02. The van der Waals surface area contributed by atoms with E-state index in [2.05, 4.69) is 21.2 Å². The number of rotatable bonds is 5. The third-order valence-corrected chi connectivity index (χ3v) is 5.87. The number of hydrogen-bond donors (Lipinski definition) is 1. The molecule has 0 radical (unpaired) electrons. The Morgan fingerprint density at radius 1 is 1.14 bits per heavy atom. The zero-order chi connectivity index (χ0) is 20.1. The highest BCUT2D eigenvalue weighted by molar-refractivity contribution is 9.10. The lowest BCUT2D eigenvalue weighted by Gasteiger charge is -2.27. The van der Waals surface area contributed by atoms with Gasteiger partial charge in [-0.05, 0) is 41.2 Å². The van der Waals surface area contributed by atoms with E-state index in [1.165, 1.54) is 7.11 Å². The van der Waals surface area contributed by atoms with E-state index in [0.717, 1.165) is 15.6 Å². The van der Waals surface area contributed by atoms with Crippen molar-refractivity contribution < 1.29 is 14.3 Å². The zero-order valence-corrected chi connectivity index (χ0v) is 17.6. The Kier molecular flexibility index (Phi) is 6.68. The van der Waals surface area contributed by atoms with Gasteiger partial charge in [0.1, 0.15) is 0 Å². The van der Waals surface area contributed by atoms with Gasteiger partial charge in [0.25, 0.3) is 0 Å². The number of carbonyl (C=O) groups excluding carboxylic acids is 2. The number of hydrogen-bond acceptors (Lipinski definition) is 3. The number of halogens is 1. The molecule has 0 unspecified atom stereocenters. The number of nitrogens with one attached hydrogen (secondary N) is 1. The molecule has 5 heteroatoms.